The Morgan fingerprint density at radius 1 is 1.44 bits per heavy atom. The number of hydrogen-bond acceptors (Lipinski definition) is 4. The molecule has 7 heteroatoms. The van der Waals surface area contributed by atoms with Crippen LogP contribution in [-0.2, 0) is 16.4 Å². The third kappa shape index (κ3) is 3.57. The van der Waals surface area contributed by atoms with Crippen molar-refractivity contribution in [1.82, 2.24) is 19.9 Å². The quantitative estimate of drug-likeness (QED) is 0.739. The predicted molar refractivity (Wildman–Crippen MR) is 61.4 cm³/mol. The van der Waals surface area contributed by atoms with Crippen LogP contribution in [0.15, 0.2) is 6.33 Å². The van der Waals surface area contributed by atoms with Crippen molar-refractivity contribution in [1.29, 1.82) is 0 Å². The summed E-state index contributed by atoms with van der Waals surface area (Å²) >= 11 is 0. The standard InChI is InChI=1S/C9H18N4O2S/c1-9(2,3)16(14,15)12-6-4-5-8-10-7-11-13-8/h7,12H,4-6H2,1-3H3,(H,10,11,13). The Labute approximate surface area is 95.9 Å². The summed E-state index contributed by atoms with van der Waals surface area (Å²) in [6.45, 7) is 5.43. The van der Waals surface area contributed by atoms with Gasteiger partial charge in [0.1, 0.15) is 12.2 Å². The highest BCUT2D eigenvalue weighted by Crippen LogP contribution is 2.12. The Morgan fingerprint density at radius 3 is 2.62 bits per heavy atom. The van der Waals surface area contributed by atoms with Gasteiger partial charge < -0.3 is 0 Å². The van der Waals surface area contributed by atoms with Crippen molar-refractivity contribution < 1.29 is 8.42 Å². The Kier molecular flexibility index (Phi) is 4.03. The first-order valence-electron chi connectivity index (χ1n) is 5.16. The molecule has 0 aliphatic carbocycles. The fourth-order valence-corrected chi connectivity index (χ4v) is 1.88. The molecule has 0 aromatic carbocycles. The molecule has 0 aliphatic heterocycles. The van der Waals surface area contributed by atoms with Gasteiger partial charge in [0.05, 0.1) is 4.75 Å². The third-order valence-corrected chi connectivity index (χ3v) is 4.35. The van der Waals surface area contributed by atoms with Crippen molar-refractivity contribution in [3.8, 4) is 0 Å². The third-order valence-electron chi connectivity index (χ3n) is 2.15. The van der Waals surface area contributed by atoms with Crippen LogP contribution in [0.1, 0.15) is 33.0 Å². The lowest BCUT2D eigenvalue weighted by molar-refractivity contribution is 0.542. The normalized spacial score (nSPS) is 12.9. The van der Waals surface area contributed by atoms with Crippen LogP contribution in [0.4, 0.5) is 0 Å². The van der Waals surface area contributed by atoms with Crippen LogP contribution in [-0.4, -0.2) is 34.9 Å². The summed E-state index contributed by atoms with van der Waals surface area (Å²) in [6, 6.07) is 0. The lowest BCUT2D eigenvalue weighted by Crippen LogP contribution is -2.39. The number of H-pyrrole nitrogens is 1. The summed E-state index contributed by atoms with van der Waals surface area (Å²) in [5.74, 6) is 0.773. The Bertz CT molecular complexity index is 405. The van der Waals surface area contributed by atoms with E-state index in [4.69, 9.17) is 0 Å². The van der Waals surface area contributed by atoms with E-state index in [2.05, 4.69) is 19.9 Å². The maximum Gasteiger partial charge on any atom is 0.216 e. The molecule has 1 aromatic heterocycles. The highest BCUT2D eigenvalue weighted by atomic mass is 32.2. The fourth-order valence-electron chi connectivity index (χ4n) is 1.03. The molecule has 2 N–H and O–H groups in total. The van der Waals surface area contributed by atoms with Crippen LogP contribution in [0.2, 0.25) is 0 Å². The molecular formula is C9H18N4O2S. The average Bonchev–Trinajstić information content (AvgIpc) is 2.63. The number of rotatable bonds is 5. The highest BCUT2D eigenvalue weighted by Gasteiger charge is 2.27. The van der Waals surface area contributed by atoms with E-state index >= 15 is 0 Å². The van der Waals surface area contributed by atoms with Crippen LogP contribution in [0, 0.1) is 0 Å². The van der Waals surface area contributed by atoms with Crippen molar-refractivity contribution >= 4 is 10.0 Å². The minimum atomic E-state index is -3.24. The molecule has 92 valence electrons. The van der Waals surface area contributed by atoms with Gasteiger partial charge in [-0.25, -0.2) is 18.1 Å². The fraction of sp³-hybridized carbons (Fsp3) is 0.778. The molecule has 0 bridgehead atoms. The van der Waals surface area contributed by atoms with Crippen LogP contribution in [0.5, 0.6) is 0 Å². The van der Waals surface area contributed by atoms with Gasteiger partial charge in [-0.1, -0.05) is 0 Å². The van der Waals surface area contributed by atoms with E-state index in [0.29, 0.717) is 19.4 Å². The molecule has 0 unspecified atom stereocenters. The van der Waals surface area contributed by atoms with Crippen LogP contribution < -0.4 is 4.72 Å². The molecule has 1 heterocycles. The average molecular weight is 246 g/mol. The summed E-state index contributed by atoms with van der Waals surface area (Å²) in [7, 11) is -3.24. The molecule has 0 spiro atoms. The molecule has 0 atom stereocenters. The molecule has 0 fully saturated rings. The molecule has 16 heavy (non-hydrogen) atoms. The van der Waals surface area contributed by atoms with Crippen molar-refractivity contribution in [2.24, 2.45) is 0 Å². The summed E-state index contributed by atoms with van der Waals surface area (Å²) in [5.41, 5.74) is 0. The van der Waals surface area contributed by atoms with Crippen molar-refractivity contribution in [3.63, 3.8) is 0 Å². The summed E-state index contributed by atoms with van der Waals surface area (Å²) in [5, 5.41) is 6.44. The Hall–Kier alpha value is -0.950. The maximum atomic E-state index is 11.7. The first-order valence-corrected chi connectivity index (χ1v) is 6.65. The molecule has 0 saturated carbocycles. The smallest absolute Gasteiger partial charge is 0.216 e. The predicted octanol–water partition coefficient (Wildman–Crippen LogP) is 0.455. The number of aromatic amines is 1. The number of aryl methyl sites for hydroxylation is 1. The van der Waals surface area contributed by atoms with Gasteiger partial charge in [-0.3, -0.25) is 5.10 Å². The van der Waals surface area contributed by atoms with Gasteiger partial charge in [-0.15, -0.1) is 0 Å². The van der Waals surface area contributed by atoms with Crippen LogP contribution in [0.3, 0.4) is 0 Å². The van der Waals surface area contributed by atoms with Gasteiger partial charge in [0.15, 0.2) is 0 Å². The van der Waals surface area contributed by atoms with Gasteiger partial charge in [-0.2, -0.15) is 5.10 Å². The first kappa shape index (κ1) is 13.1. The summed E-state index contributed by atoms with van der Waals surface area (Å²) in [4.78, 5) is 3.96. The van der Waals surface area contributed by atoms with E-state index in [9.17, 15) is 8.42 Å². The molecule has 1 aromatic rings. The summed E-state index contributed by atoms with van der Waals surface area (Å²) < 4.78 is 25.1. The zero-order valence-corrected chi connectivity index (χ0v) is 10.6. The minimum Gasteiger partial charge on any atom is -0.263 e. The number of sulfonamides is 1. The van der Waals surface area contributed by atoms with Gasteiger partial charge in [0.25, 0.3) is 0 Å². The lowest BCUT2D eigenvalue weighted by Gasteiger charge is -2.19. The second-order valence-electron chi connectivity index (χ2n) is 4.55. The molecule has 0 aliphatic rings. The minimum absolute atomic E-state index is 0.417. The highest BCUT2D eigenvalue weighted by molar-refractivity contribution is 7.90. The first-order chi connectivity index (χ1) is 7.33. The van der Waals surface area contributed by atoms with E-state index in [1.54, 1.807) is 20.8 Å². The van der Waals surface area contributed by atoms with E-state index in [0.717, 1.165) is 5.82 Å². The monoisotopic (exact) mass is 246 g/mol. The number of aromatic nitrogens is 3. The molecule has 1 rings (SSSR count). The maximum absolute atomic E-state index is 11.7. The van der Waals surface area contributed by atoms with Gasteiger partial charge in [0, 0.05) is 13.0 Å². The van der Waals surface area contributed by atoms with Gasteiger partial charge in [0.2, 0.25) is 10.0 Å². The second-order valence-corrected chi connectivity index (χ2v) is 7.07. The molecule has 6 nitrogen and oxygen atoms in total. The van der Waals surface area contributed by atoms with E-state index < -0.39 is 14.8 Å². The molecule has 0 amide bonds. The zero-order chi connectivity index (χ0) is 12.2. The van der Waals surface area contributed by atoms with Crippen LogP contribution >= 0.6 is 0 Å². The van der Waals surface area contributed by atoms with Gasteiger partial charge >= 0.3 is 0 Å². The van der Waals surface area contributed by atoms with Crippen molar-refractivity contribution in [2.75, 3.05) is 6.54 Å². The molecule has 0 radical (unpaired) electrons. The molecule has 0 saturated heterocycles. The second kappa shape index (κ2) is 4.92. The number of nitrogens with zero attached hydrogens (tertiary/aromatic N) is 2. The van der Waals surface area contributed by atoms with Crippen molar-refractivity contribution in [2.45, 2.75) is 38.4 Å². The van der Waals surface area contributed by atoms with E-state index in [-0.39, 0.29) is 0 Å². The summed E-state index contributed by atoms with van der Waals surface area (Å²) in [6.07, 6.45) is 2.83. The zero-order valence-electron chi connectivity index (χ0n) is 9.82. The number of hydrogen-bond donors (Lipinski definition) is 2. The van der Waals surface area contributed by atoms with Crippen LogP contribution in [0.25, 0.3) is 0 Å². The Morgan fingerprint density at radius 2 is 2.12 bits per heavy atom. The topological polar surface area (TPSA) is 87.7 Å². The largest absolute Gasteiger partial charge is 0.263 e. The lowest BCUT2D eigenvalue weighted by atomic mass is 10.3. The molecular weight excluding hydrogens is 228 g/mol. The SMILES string of the molecule is CC(C)(C)S(=O)(=O)NCCCc1ncn[nH]1. The van der Waals surface area contributed by atoms with E-state index in [1.807, 2.05) is 0 Å². The Balaban J connectivity index is 2.31. The van der Waals surface area contributed by atoms with Crippen molar-refractivity contribution in [3.05, 3.63) is 12.2 Å². The number of nitrogens with one attached hydrogen (secondary N) is 2. The van der Waals surface area contributed by atoms with E-state index in [1.165, 1.54) is 6.33 Å². The van der Waals surface area contributed by atoms with Gasteiger partial charge in [-0.05, 0) is 27.2 Å².